The maximum Gasteiger partial charge on any atom is 0.220 e. The molecule has 0 aliphatic rings. The van der Waals surface area contributed by atoms with E-state index in [0.717, 1.165) is 38.5 Å². The molecule has 0 fully saturated rings. The molecule has 0 aliphatic heterocycles. The van der Waals surface area contributed by atoms with Gasteiger partial charge in [-0.1, -0.05) is 206 Å². The lowest BCUT2D eigenvalue weighted by atomic mass is 9.99. The number of aliphatic hydroxyl groups is 3. The second-order valence-electron chi connectivity index (χ2n) is 15.3. The van der Waals surface area contributed by atoms with Gasteiger partial charge in [0.05, 0.1) is 18.8 Å². The second-order valence-corrected chi connectivity index (χ2v) is 15.3. The van der Waals surface area contributed by atoms with Crippen molar-refractivity contribution in [2.24, 2.45) is 0 Å². The molecule has 49 heavy (non-hydrogen) atoms. The summed E-state index contributed by atoms with van der Waals surface area (Å²) in [5.41, 5.74) is 0. The zero-order valence-corrected chi connectivity index (χ0v) is 33.1. The molecule has 292 valence electrons. The average Bonchev–Trinajstić information content (AvgIpc) is 3.10. The summed E-state index contributed by atoms with van der Waals surface area (Å²) in [5.74, 6) is -0.147. The number of carbonyl (C=O) groups is 1. The average molecular weight is 694 g/mol. The minimum absolute atomic E-state index is 0.147. The largest absolute Gasteiger partial charge is 0.394 e. The normalized spacial score (nSPS) is 13.7. The van der Waals surface area contributed by atoms with Gasteiger partial charge in [-0.3, -0.25) is 4.79 Å². The highest BCUT2D eigenvalue weighted by molar-refractivity contribution is 5.76. The van der Waals surface area contributed by atoms with Crippen molar-refractivity contribution in [3.63, 3.8) is 0 Å². The topological polar surface area (TPSA) is 89.8 Å². The molecule has 0 saturated carbocycles. The molecule has 0 spiro atoms. The highest BCUT2D eigenvalue weighted by Crippen LogP contribution is 2.16. The molecule has 0 radical (unpaired) electrons. The maximum absolute atomic E-state index is 12.4. The van der Waals surface area contributed by atoms with E-state index < -0.39 is 18.2 Å². The third-order valence-corrected chi connectivity index (χ3v) is 10.4. The summed E-state index contributed by atoms with van der Waals surface area (Å²) < 4.78 is 0. The van der Waals surface area contributed by atoms with Gasteiger partial charge in [-0.15, -0.1) is 0 Å². The Kier molecular flexibility index (Phi) is 39.1. The predicted octanol–water partition coefficient (Wildman–Crippen LogP) is 12.4. The Labute approximate surface area is 306 Å². The lowest BCUT2D eigenvalue weighted by molar-refractivity contribution is -0.124. The molecule has 0 aromatic heterocycles. The number of unbranched alkanes of at least 4 members (excludes halogenated alkanes) is 30. The van der Waals surface area contributed by atoms with E-state index in [1.165, 1.54) is 173 Å². The lowest BCUT2D eigenvalue weighted by Crippen LogP contribution is -2.50. The minimum Gasteiger partial charge on any atom is -0.394 e. The smallest absolute Gasteiger partial charge is 0.220 e. The molecular weight excluding hydrogens is 606 g/mol. The van der Waals surface area contributed by atoms with E-state index >= 15 is 0 Å². The van der Waals surface area contributed by atoms with Gasteiger partial charge >= 0.3 is 0 Å². The highest BCUT2D eigenvalue weighted by atomic mass is 16.3. The number of aliphatic hydroxyl groups excluding tert-OH is 3. The monoisotopic (exact) mass is 694 g/mol. The van der Waals surface area contributed by atoms with Crippen LogP contribution < -0.4 is 5.32 Å². The number of carbonyl (C=O) groups excluding carboxylic acids is 1. The maximum atomic E-state index is 12.4. The molecule has 4 N–H and O–H groups in total. The summed E-state index contributed by atoms with van der Waals surface area (Å²) in [4.78, 5) is 12.4. The van der Waals surface area contributed by atoms with Crippen LogP contribution in [-0.4, -0.2) is 46.1 Å². The summed E-state index contributed by atoms with van der Waals surface area (Å²) in [6.07, 6.45) is 46.0. The summed E-state index contributed by atoms with van der Waals surface area (Å²) in [6, 6.07) is -0.807. The zero-order chi connectivity index (χ0) is 35.9. The van der Waals surface area contributed by atoms with Crippen molar-refractivity contribution in [2.75, 3.05) is 6.61 Å². The summed E-state index contributed by atoms with van der Waals surface area (Å²) >= 11 is 0. The molecule has 0 aromatic rings. The van der Waals surface area contributed by atoms with Crippen LogP contribution in [0.15, 0.2) is 12.2 Å². The van der Waals surface area contributed by atoms with Crippen molar-refractivity contribution in [1.82, 2.24) is 5.32 Å². The second kappa shape index (κ2) is 39.9. The first-order valence-corrected chi connectivity index (χ1v) is 22.0. The number of rotatable bonds is 40. The van der Waals surface area contributed by atoms with Crippen LogP contribution in [0.4, 0.5) is 0 Å². The molecule has 5 nitrogen and oxygen atoms in total. The molecule has 0 saturated heterocycles. The van der Waals surface area contributed by atoms with Crippen LogP contribution in [0, 0.1) is 0 Å². The fourth-order valence-corrected chi connectivity index (χ4v) is 6.92. The number of amides is 1. The van der Waals surface area contributed by atoms with E-state index in [9.17, 15) is 20.1 Å². The van der Waals surface area contributed by atoms with E-state index in [1.807, 2.05) is 0 Å². The molecule has 0 rings (SSSR count). The molecule has 3 atom stereocenters. The fraction of sp³-hybridized carbons (Fsp3) is 0.932. The summed E-state index contributed by atoms with van der Waals surface area (Å²) in [5, 5.41) is 33.5. The predicted molar refractivity (Wildman–Crippen MR) is 213 cm³/mol. The Hall–Kier alpha value is -0.910. The Balaban J connectivity index is 3.61. The van der Waals surface area contributed by atoms with Crippen LogP contribution in [-0.2, 0) is 4.79 Å². The number of hydrogen-bond acceptors (Lipinski definition) is 4. The summed E-state index contributed by atoms with van der Waals surface area (Å²) in [7, 11) is 0. The van der Waals surface area contributed by atoms with Gasteiger partial charge in [-0.25, -0.2) is 0 Å². The number of hydrogen-bond donors (Lipinski definition) is 4. The van der Waals surface area contributed by atoms with Gasteiger partial charge in [-0.05, 0) is 38.5 Å². The lowest BCUT2D eigenvalue weighted by Gasteiger charge is -2.26. The van der Waals surface area contributed by atoms with Gasteiger partial charge in [0.15, 0.2) is 0 Å². The van der Waals surface area contributed by atoms with Crippen LogP contribution in [0.5, 0.6) is 0 Å². The Morgan fingerprint density at radius 2 is 0.816 bits per heavy atom. The Morgan fingerprint density at radius 1 is 0.490 bits per heavy atom. The third kappa shape index (κ3) is 35.3. The van der Waals surface area contributed by atoms with Crippen molar-refractivity contribution >= 4 is 5.91 Å². The van der Waals surface area contributed by atoms with Crippen LogP contribution in [0.2, 0.25) is 0 Å². The molecule has 1 amide bonds. The van der Waals surface area contributed by atoms with Crippen molar-refractivity contribution in [2.45, 2.75) is 257 Å². The fourth-order valence-electron chi connectivity index (χ4n) is 6.92. The van der Waals surface area contributed by atoms with E-state index in [2.05, 4.69) is 31.3 Å². The van der Waals surface area contributed by atoms with Crippen LogP contribution in [0.3, 0.4) is 0 Å². The van der Waals surface area contributed by atoms with Gasteiger partial charge in [-0.2, -0.15) is 0 Å². The van der Waals surface area contributed by atoms with E-state index in [-0.39, 0.29) is 12.5 Å². The number of allylic oxidation sites excluding steroid dienone is 2. The van der Waals surface area contributed by atoms with Crippen molar-refractivity contribution in [3.05, 3.63) is 12.2 Å². The minimum atomic E-state index is -1.13. The van der Waals surface area contributed by atoms with E-state index in [4.69, 9.17) is 0 Å². The Bertz CT molecular complexity index is 684. The van der Waals surface area contributed by atoms with Crippen molar-refractivity contribution < 1.29 is 20.1 Å². The van der Waals surface area contributed by atoms with Gasteiger partial charge in [0, 0.05) is 6.42 Å². The van der Waals surface area contributed by atoms with Crippen molar-refractivity contribution in [3.8, 4) is 0 Å². The molecule has 0 aromatic carbocycles. The quantitative estimate of drug-likeness (QED) is 0.0380. The SMILES string of the molecule is CCCCCCCCCCCC/C=C\CCCCCCCCCC(=O)NC(CO)C(O)C(O)CCCCCCCCCCCCCCCC. The summed E-state index contributed by atoms with van der Waals surface area (Å²) in [6.45, 7) is 4.19. The Morgan fingerprint density at radius 3 is 1.18 bits per heavy atom. The van der Waals surface area contributed by atoms with Crippen LogP contribution in [0.25, 0.3) is 0 Å². The van der Waals surface area contributed by atoms with Gasteiger partial charge in [0.1, 0.15) is 6.10 Å². The highest BCUT2D eigenvalue weighted by Gasteiger charge is 2.26. The first kappa shape index (κ1) is 48.1. The van der Waals surface area contributed by atoms with E-state index in [1.54, 1.807) is 0 Å². The third-order valence-electron chi connectivity index (χ3n) is 10.4. The van der Waals surface area contributed by atoms with Crippen LogP contribution in [0.1, 0.15) is 239 Å². The first-order chi connectivity index (χ1) is 24.1. The van der Waals surface area contributed by atoms with Crippen molar-refractivity contribution in [1.29, 1.82) is 0 Å². The van der Waals surface area contributed by atoms with Crippen LogP contribution >= 0.6 is 0 Å². The van der Waals surface area contributed by atoms with E-state index in [0.29, 0.717) is 12.8 Å². The van der Waals surface area contributed by atoms with Gasteiger partial charge in [0.25, 0.3) is 0 Å². The van der Waals surface area contributed by atoms with Gasteiger partial charge < -0.3 is 20.6 Å². The molecule has 5 heteroatoms. The molecular formula is C44H87NO4. The zero-order valence-electron chi connectivity index (χ0n) is 33.1. The molecule has 0 bridgehead atoms. The molecule has 0 heterocycles. The van der Waals surface area contributed by atoms with Gasteiger partial charge in [0.2, 0.25) is 5.91 Å². The molecule has 0 aliphatic carbocycles. The first-order valence-electron chi connectivity index (χ1n) is 22.0. The molecule has 3 unspecified atom stereocenters. The standard InChI is InChI=1S/C44H87NO4/c1-3-5-7-9-11-13-15-17-19-20-21-22-23-24-25-27-29-31-33-35-37-39-43(48)45-41(40-46)44(49)42(47)38-36-34-32-30-28-26-18-16-14-12-10-8-6-4-2/h22-23,41-42,44,46-47,49H,3-21,24-40H2,1-2H3,(H,45,48)/b23-22-. The number of nitrogens with one attached hydrogen (secondary N) is 1.